The molecule has 0 fully saturated rings. The summed E-state index contributed by atoms with van der Waals surface area (Å²) in [6.07, 6.45) is 1.70. The van der Waals surface area contributed by atoms with E-state index in [1.54, 1.807) is 0 Å². The number of hydrogen-bond donors (Lipinski definition) is 0. The van der Waals surface area contributed by atoms with E-state index < -0.39 is 0 Å². The van der Waals surface area contributed by atoms with Crippen LogP contribution >= 0.6 is 11.6 Å². The predicted molar refractivity (Wildman–Crippen MR) is 58.7 cm³/mol. The molecule has 0 aromatic heterocycles. The van der Waals surface area contributed by atoms with E-state index in [0.29, 0.717) is 0 Å². The van der Waals surface area contributed by atoms with Crippen LogP contribution in [-0.4, -0.2) is 31.3 Å². The van der Waals surface area contributed by atoms with Gasteiger partial charge in [-0.15, -0.1) is 0 Å². The van der Waals surface area contributed by atoms with E-state index in [1.165, 1.54) is 0 Å². The maximum absolute atomic E-state index is 10.8. The molecule has 0 saturated carbocycles. The van der Waals surface area contributed by atoms with Gasteiger partial charge < -0.3 is 4.79 Å². The van der Waals surface area contributed by atoms with Gasteiger partial charge in [0, 0.05) is 5.02 Å². The molecule has 0 bridgehead atoms. The summed E-state index contributed by atoms with van der Waals surface area (Å²) in [6.45, 7) is 0. The van der Waals surface area contributed by atoms with Gasteiger partial charge in [-0.05, 0) is 38.2 Å². The Bertz CT molecular complexity index is 295. The van der Waals surface area contributed by atoms with Crippen molar-refractivity contribution in [2.75, 3.05) is 14.1 Å². The smallest absolute Gasteiger partial charge is 0.137 e. The van der Waals surface area contributed by atoms with Gasteiger partial charge in [0.05, 0.1) is 6.04 Å². The molecule has 1 aromatic carbocycles. The summed E-state index contributed by atoms with van der Waals surface area (Å²) >= 11 is 5.76. The first kappa shape index (κ1) is 11.2. The highest BCUT2D eigenvalue weighted by Crippen LogP contribution is 2.11. The standard InChI is InChI=1S/C11H14ClNO/c1-13(2)11(8-14)7-9-3-5-10(12)6-4-9/h3-6,8,11H,7H2,1-2H3/t11-/m1/s1. The maximum Gasteiger partial charge on any atom is 0.137 e. The Morgan fingerprint density at radius 1 is 1.36 bits per heavy atom. The summed E-state index contributed by atoms with van der Waals surface area (Å²) in [5.41, 5.74) is 1.13. The normalized spacial score (nSPS) is 12.9. The molecule has 0 unspecified atom stereocenters. The van der Waals surface area contributed by atoms with Gasteiger partial charge in [0.15, 0.2) is 0 Å². The molecule has 1 aromatic rings. The van der Waals surface area contributed by atoms with Crippen LogP contribution < -0.4 is 0 Å². The average Bonchev–Trinajstić information content (AvgIpc) is 2.16. The summed E-state index contributed by atoms with van der Waals surface area (Å²) in [6, 6.07) is 7.52. The van der Waals surface area contributed by atoms with Crippen LogP contribution in [0.5, 0.6) is 0 Å². The molecule has 0 spiro atoms. The highest BCUT2D eigenvalue weighted by atomic mass is 35.5. The van der Waals surface area contributed by atoms with Crippen molar-refractivity contribution in [3.63, 3.8) is 0 Å². The van der Waals surface area contributed by atoms with Gasteiger partial charge in [-0.1, -0.05) is 23.7 Å². The molecule has 3 heteroatoms. The molecular weight excluding hydrogens is 198 g/mol. The van der Waals surface area contributed by atoms with Crippen LogP contribution in [0, 0.1) is 0 Å². The Morgan fingerprint density at radius 2 is 1.93 bits per heavy atom. The van der Waals surface area contributed by atoms with Gasteiger partial charge in [-0.3, -0.25) is 4.90 Å². The van der Waals surface area contributed by atoms with Gasteiger partial charge in [-0.25, -0.2) is 0 Å². The molecule has 0 aliphatic heterocycles. The quantitative estimate of drug-likeness (QED) is 0.711. The van der Waals surface area contributed by atoms with E-state index in [1.807, 2.05) is 43.3 Å². The number of halogens is 1. The van der Waals surface area contributed by atoms with E-state index in [0.717, 1.165) is 23.3 Å². The van der Waals surface area contributed by atoms with Crippen LogP contribution in [0.3, 0.4) is 0 Å². The molecule has 0 heterocycles. The SMILES string of the molecule is CN(C)[C@@H](C=O)Cc1ccc(Cl)cc1. The van der Waals surface area contributed by atoms with Crippen molar-refractivity contribution in [3.05, 3.63) is 34.9 Å². The van der Waals surface area contributed by atoms with E-state index in [-0.39, 0.29) is 6.04 Å². The van der Waals surface area contributed by atoms with Crippen LogP contribution in [-0.2, 0) is 11.2 Å². The van der Waals surface area contributed by atoms with E-state index in [9.17, 15) is 4.79 Å². The third-order valence-electron chi connectivity index (χ3n) is 2.18. The summed E-state index contributed by atoms with van der Waals surface area (Å²) in [4.78, 5) is 12.7. The number of hydrogen-bond acceptors (Lipinski definition) is 2. The highest BCUT2D eigenvalue weighted by Gasteiger charge is 2.10. The number of benzene rings is 1. The van der Waals surface area contributed by atoms with Crippen molar-refractivity contribution in [2.24, 2.45) is 0 Å². The fraction of sp³-hybridized carbons (Fsp3) is 0.364. The Kier molecular flexibility index (Phi) is 4.11. The number of carbonyl (C=O) groups is 1. The van der Waals surface area contributed by atoms with Crippen LogP contribution in [0.15, 0.2) is 24.3 Å². The van der Waals surface area contributed by atoms with Gasteiger partial charge in [0.25, 0.3) is 0 Å². The summed E-state index contributed by atoms with van der Waals surface area (Å²) < 4.78 is 0. The predicted octanol–water partition coefficient (Wildman–Crippen LogP) is 2.01. The summed E-state index contributed by atoms with van der Waals surface area (Å²) in [5.74, 6) is 0. The lowest BCUT2D eigenvalue weighted by Crippen LogP contribution is -2.31. The second-order valence-electron chi connectivity index (χ2n) is 3.50. The molecule has 1 atom stereocenters. The van der Waals surface area contributed by atoms with Crippen molar-refractivity contribution in [1.29, 1.82) is 0 Å². The third-order valence-corrected chi connectivity index (χ3v) is 2.43. The van der Waals surface area contributed by atoms with Crippen molar-refractivity contribution in [1.82, 2.24) is 4.90 Å². The van der Waals surface area contributed by atoms with Crippen LogP contribution in [0.4, 0.5) is 0 Å². The minimum absolute atomic E-state index is 0.0591. The Morgan fingerprint density at radius 3 is 2.36 bits per heavy atom. The second kappa shape index (κ2) is 5.13. The minimum Gasteiger partial charge on any atom is -0.302 e. The first-order valence-corrected chi connectivity index (χ1v) is 4.87. The number of carbonyl (C=O) groups excluding carboxylic acids is 1. The van der Waals surface area contributed by atoms with Gasteiger partial charge in [-0.2, -0.15) is 0 Å². The maximum atomic E-state index is 10.8. The van der Waals surface area contributed by atoms with Crippen molar-refractivity contribution >= 4 is 17.9 Å². The Labute approximate surface area is 89.5 Å². The zero-order chi connectivity index (χ0) is 10.6. The highest BCUT2D eigenvalue weighted by molar-refractivity contribution is 6.30. The number of nitrogens with zero attached hydrogens (tertiary/aromatic N) is 1. The zero-order valence-electron chi connectivity index (χ0n) is 8.40. The number of aldehydes is 1. The molecular formula is C11H14ClNO. The fourth-order valence-corrected chi connectivity index (χ4v) is 1.34. The lowest BCUT2D eigenvalue weighted by molar-refractivity contribution is -0.111. The molecule has 76 valence electrons. The van der Waals surface area contributed by atoms with Crippen LogP contribution in [0.25, 0.3) is 0 Å². The molecule has 0 radical (unpaired) electrons. The van der Waals surface area contributed by atoms with Gasteiger partial charge in [0.1, 0.15) is 6.29 Å². The lowest BCUT2D eigenvalue weighted by Gasteiger charge is -2.18. The molecule has 1 rings (SSSR count). The summed E-state index contributed by atoms with van der Waals surface area (Å²) in [5, 5.41) is 0.723. The zero-order valence-corrected chi connectivity index (χ0v) is 9.16. The molecule has 0 N–H and O–H groups in total. The first-order valence-electron chi connectivity index (χ1n) is 4.49. The van der Waals surface area contributed by atoms with Crippen molar-refractivity contribution < 1.29 is 4.79 Å². The molecule has 14 heavy (non-hydrogen) atoms. The fourth-order valence-electron chi connectivity index (χ4n) is 1.21. The number of rotatable bonds is 4. The van der Waals surface area contributed by atoms with Crippen molar-refractivity contribution in [2.45, 2.75) is 12.5 Å². The van der Waals surface area contributed by atoms with E-state index >= 15 is 0 Å². The van der Waals surface area contributed by atoms with E-state index in [4.69, 9.17) is 11.6 Å². The van der Waals surface area contributed by atoms with Gasteiger partial charge in [0.2, 0.25) is 0 Å². The minimum atomic E-state index is -0.0591. The average molecular weight is 212 g/mol. The Hall–Kier alpha value is -0.860. The van der Waals surface area contributed by atoms with Crippen LogP contribution in [0.2, 0.25) is 5.02 Å². The first-order chi connectivity index (χ1) is 6.63. The second-order valence-corrected chi connectivity index (χ2v) is 3.93. The number of likely N-dealkylation sites (N-methyl/N-ethyl adjacent to an activating group) is 1. The monoisotopic (exact) mass is 211 g/mol. The molecule has 2 nitrogen and oxygen atoms in total. The lowest BCUT2D eigenvalue weighted by atomic mass is 10.1. The molecule has 0 saturated heterocycles. The Balaban J connectivity index is 2.67. The van der Waals surface area contributed by atoms with Crippen LogP contribution in [0.1, 0.15) is 5.56 Å². The van der Waals surface area contributed by atoms with Gasteiger partial charge >= 0.3 is 0 Å². The largest absolute Gasteiger partial charge is 0.302 e. The molecule has 0 aliphatic carbocycles. The topological polar surface area (TPSA) is 20.3 Å². The molecule has 0 aliphatic rings. The molecule has 0 amide bonds. The van der Waals surface area contributed by atoms with Crippen molar-refractivity contribution in [3.8, 4) is 0 Å². The third kappa shape index (κ3) is 3.13. The summed E-state index contributed by atoms with van der Waals surface area (Å²) in [7, 11) is 3.80. The van der Waals surface area contributed by atoms with E-state index in [2.05, 4.69) is 0 Å².